The molecule has 1 saturated carbocycles. The Kier molecular flexibility index (Phi) is 8.53. The first-order valence-electron chi connectivity index (χ1n) is 9.30. The number of hydrogen-bond acceptors (Lipinski definition) is 4. The summed E-state index contributed by atoms with van der Waals surface area (Å²) in [5.74, 6) is 1.85. The van der Waals surface area contributed by atoms with E-state index in [0.29, 0.717) is 6.04 Å². The predicted octanol–water partition coefficient (Wildman–Crippen LogP) is 0.928. The molecule has 4 rings (SSSR count). The average molecular weight is 451 g/mol. The van der Waals surface area contributed by atoms with Crippen molar-refractivity contribution in [1.29, 1.82) is 0 Å². The van der Waals surface area contributed by atoms with Gasteiger partial charge in [0.05, 0.1) is 13.2 Å². The Hall–Kier alpha value is -0.120. The van der Waals surface area contributed by atoms with Crippen LogP contribution in [0.4, 0.5) is 0 Å². The molecule has 4 fully saturated rings. The Balaban J connectivity index is 0.00000208. The lowest BCUT2D eigenvalue weighted by molar-refractivity contribution is 0.0173. The number of guanidine groups is 1. The van der Waals surface area contributed by atoms with Crippen LogP contribution in [0.2, 0.25) is 0 Å². The SMILES string of the molecule is CCNC(=NCC1CN2CCN1CC2)N(C)CCOCC1CC1.I. The Morgan fingerprint density at radius 1 is 1.25 bits per heavy atom. The first-order chi connectivity index (χ1) is 11.3. The van der Waals surface area contributed by atoms with Crippen molar-refractivity contribution in [3.8, 4) is 0 Å². The molecule has 0 spiro atoms. The van der Waals surface area contributed by atoms with Gasteiger partial charge in [-0.3, -0.25) is 14.8 Å². The quantitative estimate of drug-likeness (QED) is 0.258. The summed E-state index contributed by atoms with van der Waals surface area (Å²) in [6.45, 7) is 12.6. The Bertz CT molecular complexity index is 396. The van der Waals surface area contributed by atoms with Crippen molar-refractivity contribution in [2.75, 3.05) is 72.6 Å². The third-order valence-electron chi connectivity index (χ3n) is 5.16. The lowest BCUT2D eigenvalue weighted by Crippen LogP contribution is -2.62. The van der Waals surface area contributed by atoms with E-state index in [4.69, 9.17) is 9.73 Å². The largest absolute Gasteiger partial charge is 0.379 e. The number of fused-ring (bicyclic) bond motifs is 3. The second-order valence-electron chi connectivity index (χ2n) is 7.12. The molecule has 140 valence electrons. The highest BCUT2D eigenvalue weighted by Gasteiger charge is 2.31. The monoisotopic (exact) mass is 451 g/mol. The van der Waals surface area contributed by atoms with Gasteiger partial charge >= 0.3 is 0 Å². The van der Waals surface area contributed by atoms with Gasteiger partial charge in [0.25, 0.3) is 0 Å². The molecule has 3 saturated heterocycles. The number of ether oxygens (including phenoxy) is 1. The van der Waals surface area contributed by atoms with Gasteiger partial charge in [0.15, 0.2) is 5.96 Å². The van der Waals surface area contributed by atoms with E-state index < -0.39 is 0 Å². The Morgan fingerprint density at radius 2 is 2.00 bits per heavy atom. The van der Waals surface area contributed by atoms with Gasteiger partial charge in [0.1, 0.15) is 0 Å². The van der Waals surface area contributed by atoms with Crippen molar-refractivity contribution in [2.45, 2.75) is 25.8 Å². The molecule has 3 aliphatic heterocycles. The lowest BCUT2D eigenvalue weighted by Gasteiger charge is -2.47. The van der Waals surface area contributed by atoms with E-state index in [2.05, 4.69) is 34.0 Å². The molecule has 1 atom stereocenters. The van der Waals surface area contributed by atoms with E-state index in [1.54, 1.807) is 0 Å². The van der Waals surface area contributed by atoms with Crippen LogP contribution in [0.5, 0.6) is 0 Å². The van der Waals surface area contributed by atoms with Crippen LogP contribution < -0.4 is 5.32 Å². The van der Waals surface area contributed by atoms with Crippen LogP contribution in [0, 0.1) is 5.92 Å². The minimum absolute atomic E-state index is 0. The third-order valence-corrected chi connectivity index (χ3v) is 5.16. The number of rotatable bonds is 8. The minimum atomic E-state index is 0. The number of nitrogens with zero attached hydrogens (tertiary/aromatic N) is 4. The normalized spacial score (nSPS) is 29.2. The zero-order chi connectivity index (χ0) is 16.1. The van der Waals surface area contributed by atoms with Crippen molar-refractivity contribution >= 4 is 29.9 Å². The minimum Gasteiger partial charge on any atom is -0.379 e. The number of hydrogen-bond donors (Lipinski definition) is 1. The number of piperazine rings is 3. The fourth-order valence-electron chi connectivity index (χ4n) is 3.40. The molecule has 1 unspecified atom stereocenters. The van der Waals surface area contributed by atoms with Crippen molar-refractivity contribution in [3.05, 3.63) is 0 Å². The molecule has 1 aliphatic carbocycles. The zero-order valence-electron chi connectivity index (χ0n) is 15.2. The average Bonchev–Trinajstić information content (AvgIpc) is 3.40. The molecular weight excluding hydrogens is 417 g/mol. The van der Waals surface area contributed by atoms with Crippen LogP contribution in [0.3, 0.4) is 0 Å². The third kappa shape index (κ3) is 6.00. The van der Waals surface area contributed by atoms with Gasteiger partial charge in [-0.2, -0.15) is 0 Å². The molecule has 7 heteroatoms. The standard InChI is InChI=1S/C17H33N5O.HI/c1-3-18-17(20(2)10-11-23-14-15-4-5-15)19-12-16-13-21-6-8-22(16)9-7-21;/h15-16H,3-14H2,1-2H3,(H,18,19);1H. The summed E-state index contributed by atoms with van der Waals surface area (Å²) in [7, 11) is 2.11. The molecular formula is C17H34IN5O. The van der Waals surface area contributed by atoms with Crippen molar-refractivity contribution in [2.24, 2.45) is 10.9 Å². The molecule has 0 amide bonds. The van der Waals surface area contributed by atoms with Gasteiger partial charge in [-0.1, -0.05) is 0 Å². The van der Waals surface area contributed by atoms with Gasteiger partial charge in [-0.25, -0.2) is 0 Å². The second kappa shape index (κ2) is 10.1. The summed E-state index contributed by atoms with van der Waals surface area (Å²) >= 11 is 0. The summed E-state index contributed by atoms with van der Waals surface area (Å²) in [5.41, 5.74) is 0. The number of aliphatic imine (C=N–C) groups is 1. The van der Waals surface area contributed by atoms with Crippen molar-refractivity contribution < 1.29 is 4.74 Å². The van der Waals surface area contributed by atoms with Gasteiger partial charge in [0.2, 0.25) is 0 Å². The van der Waals surface area contributed by atoms with Crippen LogP contribution in [0.15, 0.2) is 4.99 Å². The maximum absolute atomic E-state index is 5.75. The van der Waals surface area contributed by atoms with Crippen LogP contribution in [-0.4, -0.2) is 99.3 Å². The summed E-state index contributed by atoms with van der Waals surface area (Å²) in [6.07, 6.45) is 2.71. The van der Waals surface area contributed by atoms with E-state index in [0.717, 1.165) is 44.7 Å². The first kappa shape index (κ1) is 20.2. The topological polar surface area (TPSA) is 43.3 Å². The van der Waals surface area contributed by atoms with E-state index in [1.807, 2.05) is 0 Å². The van der Waals surface area contributed by atoms with E-state index >= 15 is 0 Å². The second-order valence-corrected chi connectivity index (χ2v) is 7.12. The lowest BCUT2D eigenvalue weighted by atomic mass is 10.1. The fraction of sp³-hybridized carbons (Fsp3) is 0.941. The highest BCUT2D eigenvalue weighted by atomic mass is 127. The summed E-state index contributed by atoms with van der Waals surface area (Å²) in [5, 5.41) is 3.42. The van der Waals surface area contributed by atoms with Gasteiger partial charge in [-0.15, -0.1) is 24.0 Å². The van der Waals surface area contributed by atoms with Gasteiger partial charge in [0, 0.05) is 65.5 Å². The van der Waals surface area contributed by atoms with E-state index in [1.165, 1.54) is 45.6 Å². The summed E-state index contributed by atoms with van der Waals surface area (Å²) < 4.78 is 5.75. The molecule has 2 bridgehead atoms. The highest BCUT2D eigenvalue weighted by molar-refractivity contribution is 14.0. The smallest absolute Gasteiger partial charge is 0.193 e. The molecule has 24 heavy (non-hydrogen) atoms. The number of halogens is 1. The molecule has 0 radical (unpaired) electrons. The Labute approximate surface area is 164 Å². The van der Waals surface area contributed by atoms with Crippen molar-refractivity contribution in [1.82, 2.24) is 20.0 Å². The molecule has 0 aromatic heterocycles. The molecule has 0 aromatic rings. The molecule has 3 heterocycles. The van der Waals surface area contributed by atoms with Crippen molar-refractivity contribution in [3.63, 3.8) is 0 Å². The summed E-state index contributed by atoms with van der Waals surface area (Å²) in [4.78, 5) is 12.3. The zero-order valence-corrected chi connectivity index (χ0v) is 17.6. The summed E-state index contributed by atoms with van der Waals surface area (Å²) in [6, 6.07) is 0.589. The number of nitrogens with one attached hydrogen (secondary N) is 1. The Morgan fingerprint density at radius 3 is 2.58 bits per heavy atom. The number of likely N-dealkylation sites (N-methyl/N-ethyl adjacent to an activating group) is 1. The molecule has 0 aromatic carbocycles. The van der Waals surface area contributed by atoms with E-state index in [-0.39, 0.29) is 24.0 Å². The fourth-order valence-corrected chi connectivity index (χ4v) is 3.40. The maximum Gasteiger partial charge on any atom is 0.193 e. The van der Waals surface area contributed by atoms with Gasteiger partial charge in [-0.05, 0) is 25.7 Å². The van der Waals surface area contributed by atoms with Crippen LogP contribution >= 0.6 is 24.0 Å². The molecule has 1 N–H and O–H groups in total. The van der Waals surface area contributed by atoms with Crippen LogP contribution in [-0.2, 0) is 4.74 Å². The molecule has 6 nitrogen and oxygen atoms in total. The first-order valence-corrected chi connectivity index (χ1v) is 9.30. The maximum atomic E-state index is 5.75. The molecule has 4 aliphatic rings. The van der Waals surface area contributed by atoms with Gasteiger partial charge < -0.3 is 15.0 Å². The van der Waals surface area contributed by atoms with Crippen LogP contribution in [0.25, 0.3) is 0 Å². The predicted molar refractivity (Wildman–Crippen MR) is 109 cm³/mol. The highest BCUT2D eigenvalue weighted by Crippen LogP contribution is 2.28. The van der Waals surface area contributed by atoms with Crippen LogP contribution in [0.1, 0.15) is 19.8 Å². The van der Waals surface area contributed by atoms with E-state index in [9.17, 15) is 0 Å².